The summed E-state index contributed by atoms with van der Waals surface area (Å²) in [5.74, 6) is -1.49. The molecule has 6 nitrogen and oxygen atoms in total. The molecule has 3 rings (SSSR count). The number of alkyl halides is 3. The maximum Gasteiger partial charge on any atom is 0.427 e. The van der Waals surface area contributed by atoms with Gasteiger partial charge in [-0.25, -0.2) is 12.8 Å². The lowest BCUT2D eigenvalue weighted by Gasteiger charge is -2.36. The molecular weight excluding hydrogens is 454 g/mol. The quantitative estimate of drug-likeness (QED) is 0.478. The third kappa shape index (κ3) is 4.67. The fourth-order valence-corrected chi connectivity index (χ4v) is 4.76. The monoisotopic (exact) mass is 475 g/mol. The highest BCUT2D eigenvalue weighted by molar-refractivity contribution is 7.92. The number of sulfonamides is 1. The van der Waals surface area contributed by atoms with Crippen molar-refractivity contribution in [1.82, 2.24) is 0 Å². The van der Waals surface area contributed by atoms with Gasteiger partial charge in [0.1, 0.15) is 18.2 Å². The molecule has 11 heteroatoms. The number of hydrogen-bond donors (Lipinski definition) is 0. The molecule has 0 amide bonds. The van der Waals surface area contributed by atoms with Gasteiger partial charge in [-0.2, -0.15) is 13.2 Å². The summed E-state index contributed by atoms with van der Waals surface area (Å²) in [6.45, 7) is 3.14. The number of carbonyl (C=O) groups excluding carboxylic acids is 1. The van der Waals surface area contributed by atoms with E-state index in [1.54, 1.807) is 6.92 Å². The van der Waals surface area contributed by atoms with Crippen molar-refractivity contribution in [1.29, 1.82) is 0 Å². The number of esters is 1. The minimum Gasteiger partial charge on any atom is -0.489 e. The van der Waals surface area contributed by atoms with Gasteiger partial charge in [-0.3, -0.25) is 9.10 Å². The molecule has 0 spiro atoms. The molecule has 2 aromatic carbocycles. The van der Waals surface area contributed by atoms with Crippen molar-refractivity contribution in [2.45, 2.75) is 49.9 Å². The Morgan fingerprint density at radius 3 is 2.38 bits per heavy atom. The lowest BCUT2D eigenvalue weighted by molar-refractivity contribution is -0.257. The zero-order valence-electron chi connectivity index (χ0n) is 17.4. The van der Waals surface area contributed by atoms with E-state index in [4.69, 9.17) is 4.74 Å². The van der Waals surface area contributed by atoms with Crippen LogP contribution in [0.15, 0.2) is 47.4 Å². The molecule has 0 unspecified atom stereocenters. The van der Waals surface area contributed by atoms with Crippen molar-refractivity contribution in [3.8, 4) is 5.75 Å². The number of nitrogens with zero attached hydrogens (tertiary/aromatic N) is 1. The van der Waals surface area contributed by atoms with Gasteiger partial charge in [0.05, 0.1) is 23.0 Å². The second-order valence-corrected chi connectivity index (χ2v) is 9.69. The highest BCUT2D eigenvalue weighted by Gasteiger charge is 2.50. The second-order valence-electron chi connectivity index (χ2n) is 7.88. The van der Waals surface area contributed by atoms with E-state index in [9.17, 15) is 30.8 Å². The highest BCUT2D eigenvalue weighted by atomic mass is 32.2. The maximum absolute atomic E-state index is 13.3. The first-order valence-electron chi connectivity index (χ1n) is 9.57. The van der Waals surface area contributed by atoms with E-state index in [1.165, 1.54) is 18.2 Å². The molecular formula is C21H21F4NO5S. The van der Waals surface area contributed by atoms with Crippen LogP contribution >= 0.6 is 0 Å². The van der Waals surface area contributed by atoms with Crippen molar-refractivity contribution >= 4 is 21.7 Å². The van der Waals surface area contributed by atoms with Crippen LogP contribution in [-0.2, 0) is 26.0 Å². The van der Waals surface area contributed by atoms with Crippen LogP contribution in [0.1, 0.15) is 26.3 Å². The molecule has 0 aromatic heterocycles. The molecule has 1 heterocycles. The van der Waals surface area contributed by atoms with Crippen LogP contribution in [0.3, 0.4) is 0 Å². The first-order chi connectivity index (χ1) is 14.7. The Labute approximate surface area is 182 Å². The molecule has 2 aromatic rings. The number of carbonyl (C=O) groups is 1. The van der Waals surface area contributed by atoms with E-state index in [-0.39, 0.29) is 28.5 Å². The van der Waals surface area contributed by atoms with Crippen LogP contribution in [0, 0.1) is 5.82 Å². The highest BCUT2D eigenvalue weighted by Crippen LogP contribution is 2.39. The number of anilines is 1. The molecule has 174 valence electrons. The predicted molar refractivity (Wildman–Crippen MR) is 107 cm³/mol. The third-order valence-corrected chi connectivity index (χ3v) is 6.85. The Hall–Kier alpha value is -2.82. The van der Waals surface area contributed by atoms with Gasteiger partial charge in [-0.05, 0) is 62.7 Å². The van der Waals surface area contributed by atoms with Crippen molar-refractivity contribution < 1.29 is 40.2 Å². The normalized spacial score (nSPS) is 16.8. The van der Waals surface area contributed by atoms with Crippen molar-refractivity contribution in [2.24, 2.45) is 0 Å². The number of benzene rings is 2. The van der Waals surface area contributed by atoms with E-state index in [2.05, 4.69) is 4.74 Å². The van der Waals surface area contributed by atoms with Crippen molar-refractivity contribution in [2.75, 3.05) is 10.9 Å². The standard InChI is InChI=1S/C21H21F4NO5S/c1-13-12-30-18-9-4-14(11-19(27)31-20(2,3)21(23,24)25)10-17(18)26(13)32(28,29)16-7-5-15(22)6-8-16/h4-10,13H,11-12H2,1-3H3/t13-/m1/s1. The summed E-state index contributed by atoms with van der Waals surface area (Å²) in [4.78, 5) is 12.0. The van der Waals surface area contributed by atoms with Gasteiger partial charge >= 0.3 is 12.1 Å². The molecule has 32 heavy (non-hydrogen) atoms. The summed E-state index contributed by atoms with van der Waals surface area (Å²) in [6.07, 6.45) is -5.26. The SMILES string of the molecule is C[C@@H]1COc2ccc(CC(=O)OC(C)(C)C(F)(F)F)cc2N1S(=O)(=O)c1ccc(F)cc1. The lowest BCUT2D eigenvalue weighted by atomic mass is 10.1. The molecule has 1 aliphatic rings. The van der Waals surface area contributed by atoms with Gasteiger partial charge in [0.2, 0.25) is 5.60 Å². The minimum atomic E-state index is -4.75. The number of ether oxygens (including phenoxy) is 2. The van der Waals surface area contributed by atoms with E-state index in [1.807, 2.05) is 0 Å². The Kier molecular flexibility index (Phi) is 6.16. The van der Waals surface area contributed by atoms with Crippen molar-refractivity contribution in [3.63, 3.8) is 0 Å². The molecule has 0 saturated heterocycles. The molecule has 1 aliphatic heterocycles. The fraction of sp³-hybridized carbons (Fsp3) is 0.381. The lowest BCUT2D eigenvalue weighted by Crippen LogP contribution is -2.45. The van der Waals surface area contributed by atoms with E-state index >= 15 is 0 Å². The Morgan fingerprint density at radius 2 is 1.78 bits per heavy atom. The van der Waals surface area contributed by atoms with Crippen LogP contribution in [0.2, 0.25) is 0 Å². The maximum atomic E-state index is 13.3. The Bertz CT molecular complexity index is 1110. The zero-order chi connectivity index (χ0) is 23.9. The van der Waals surface area contributed by atoms with Crippen molar-refractivity contribution in [3.05, 3.63) is 53.8 Å². The summed E-state index contributed by atoms with van der Waals surface area (Å²) in [7, 11) is -4.11. The number of hydrogen-bond acceptors (Lipinski definition) is 5. The van der Waals surface area contributed by atoms with Crippen LogP contribution < -0.4 is 9.04 Å². The summed E-state index contributed by atoms with van der Waals surface area (Å²) in [5.41, 5.74) is -2.31. The molecule has 0 fully saturated rings. The van der Waals surface area contributed by atoms with E-state index in [0.29, 0.717) is 0 Å². The minimum absolute atomic E-state index is 0.0502. The largest absolute Gasteiger partial charge is 0.489 e. The average Bonchev–Trinajstić information content (AvgIpc) is 2.66. The van der Waals surface area contributed by atoms with Gasteiger partial charge in [0.15, 0.2) is 0 Å². The second kappa shape index (κ2) is 8.27. The Morgan fingerprint density at radius 1 is 1.16 bits per heavy atom. The zero-order valence-corrected chi connectivity index (χ0v) is 18.3. The van der Waals surface area contributed by atoms with Gasteiger partial charge in [0, 0.05) is 0 Å². The molecule has 0 radical (unpaired) electrons. The topological polar surface area (TPSA) is 72.9 Å². The van der Waals surface area contributed by atoms with Gasteiger partial charge in [0.25, 0.3) is 10.0 Å². The molecule has 0 bridgehead atoms. The number of rotatable bonds is 5. The average molecular weight is 475 g/mol. The molecule has 1 atom stereocenters. The van der Waals surface area contributed by atoms with E-state index < -0.39 is 46.0 Å². The van der Waals surface area contributed by atoms with Gasteiger partial charge in [-0.15, -0.1) is 0 Å². The van der Waals surface area contributed by atoms with E-state index in [0.717, 1.165) is 42.4 Å². The van der Waals surface area contributed by atoms with Gasteiger partial charge in [-0.1, -0.05) is 6.07 Å². The first kappa shape index (κ1) is 23.8. The van der Waals surface area contributed by atoms with Crippen LogP contribution in [-0.4, -0.2) is 38.8 Å². The number of fused-ring (bicyclic) bond motifs is 1. The molecule has 0 aliphatic carbocycles. The Balaban J connectivity index is 1.93. The summed E-state index contributed by atoms with van der Waals surface area (Å²) in [5, 5.41) is 0. The molecule has 0 N–H and O–H groups in total. The first-order valence-corrected chi connectivity index (χ1v) is 11.0. The molecule has 0 saturated carbocycles. The predicted octanol–water partition coefficient (Wildman–Crippen LogP) is 4.23. The summed E-state index contributed by atoms with van der Waals surface area (Å²) < 4.78 is 89.9. The summed E-state index contributed by atoms with van der Waals surface area (Å²) in [6, 6.07) is 7.91. The summed E-state index contributed by atoms with van der Waals surface area (Å²) >= 11 is 0. The van der Waals surface area contributed by atoms with Crippen LogP contribution in [0.25, 0.3) is 0 Å². The fourth-order valence-electron chi connectivity index (χ4n) is 3.11. The third-order valence-electron chi connectivity index (χ3n) is 4.91. The number of halogens is 4. The van der Waals surface area contributed by atoms with Gasteiger partial charge < -0.3 is 9.47 Å². The van der Waals surface area contributed by atoms with Crippen LogP contribution in [0.4, 0.5) is 23.2 Å². The smallest absolute Gasteiger partial charge is 0.427 e. The van der Waals surface area contributed by atoms with Crippen LogP contribution in [0.5, 0.6) is 5.75 Å².